The SMILES string of the molecule is CCNC(C)CCN1CC(=O)N(CC)CC1=O. The van der Waals surface area contributed by atoms with Crippen molar-refractivity contribution in [3.63, 3.8) is 0 Å². The predicted octanol–water partition coefficient (Wildman–Crippen LogP) is 0.0652. The third kappa shape index (κ3) is 4.00. The minimum atomic E-state index is 0.0585. The molecule has 1 fully saturated rings. The van der Waals surface area contributed by atoms with E-state index in [1.807, 2.05) is 6.92 Å². The monoisotopic (exact) mass is 241 g/mol. The number of hydrogen-bond acceptors (Lipinski definition) is 3. The van der Waals surface area contributed by atoms with Crippen molar-refractivity contribution in [3.8, 4) is 0 Å². The number of amides is 2. The van der Waals surface area contributed by atoms with Gasteiger partial charge in [0, 0.05) is 19.1 Å². The molecule has 98 valence electrons. The van der Waals surface area contributed by atoms with Gasteiger partial charge in [-0.3, -0.25) is 9.59 Å². The first-order valence-electron chi connectivity index (χ1n) is 6.37. The van der Waals surface area contributed by atoms with Crippen molar-refractivity contribution in [2.45, 2.75) is 33.2 Å². The van der Waals surface area contributed by atoms with Crippen LogP contribution in [-0.4, -0.2) is 60.4 Å². The first-order chi connectivity index (χ1) is 8.08. The molecule has 17 heavy (non-hydrogen) atoms. The largest absolute Gasteiger partial charge is 0.332 e. The number of likely N-dealkylation sites (N-methyl/N-ethyl adjacent to an activating group) is 1. The van der Waals surface area contributed by atoms with E-state index in [1.165, 1.54) is 0 Å². The molecule has 1 saturated heterocycles. The Morgan fingerprint density at radius 1 is 1.18 bits per heavy atom. The van der Waals surface area contributed by atoms with Crippen LogP contribution in [0.5, 0.6) is 0 Å². The van der Waals surface area contributed by atoms with E-state index in [0.717, 1.165) is 13.0 Å². The van der Waals surface area contributed by atoms with Gasteiger partial charge in [-0.2, -0.15) is 0 Å². The zero-order valence-electron chi connectivity index (χ0n) is 11.0. The fourth-order valence-electron chi connectivity index (χ4n) is 1.99. The van der Waals surface area contributed by atoms with Crippen molar-refractivity contribution in [2.75, 3.05) is 32.7 Å². The standard InChI is InChI=1S/C12H23N3O2/c1-4-13-10(3)6-7-15-9-11(16)14(5-2)8-12(15)17/h10,13H,4-9H2,1-3H3. The van der Waals surface area contributed by atoms with Gasteiger partial charge in [0.25, 0.3) is 0 Å². The number of hydrogen-bond donors (Lipinski definition) is 1. The highest BCUT2D eigenvalue weighted by molar-refractivity contribution is 5.92. The molecule has 0 aromatic carbocycles. The molecular formula is C12H23N3O2. The van der Waals surface area contributed by atoms with Crippen LogP contribution in [0.15, 0.2) is 0 Å². The van der Waals surface area contributed by atoms with Gasteiger partial charge >= 0.3 is 0 Å². The normalized spacial score (nSPS) is 18.8. The van der Waals surface area contributed by atoms with Crippen molar-refractivity contribution in [1.29, 1.82) is 0 Å². The van der Waals surface area contributed by atoms with Crippen molar-refractivity contribution < 1.29 is 9.59 Å². The highest BCUT2D eigenvalue weighted by atomic mass is 16.2. The summed E-state index contributed by atoms with van der Waals surface area (Å²) in [6.45, 7) is 8.74. The summed E-state index contributed by atoms with van der Waals surface area (Å²) in [6, 6.07) is 0.382. The van der Waals surface area contributed by atoms with Crippen LogP contribution in [0.25, 0.3) is 0 Å². The minimum Gasteiger partial charge on any atom is -0.332 e. The van der Waals surface area contributed by atoms with E-state index in [9.17, 15) is 9.59 Å². The Bertz CT molecular complexity index is 281. The first-order valence-corrected chi connectivity index (χ1v) is 6.37. The molecule has 1 N–H and O–H groups in total. The number of nitrogens with one attached hydrogen (secondary N) is 1. The number of rotatable bonds is 6. The Morgan fingerprint density at radius 2 is 1.76 bits per heavy atom. The molecule has 1 unspecified atom stereocenters. The van der Waals surface area contributed by atoms with Crippen LogP contribution in [0.4, 0.5) is 0 Å². The van der Waals surface area contributed by atoms with E-state index in [4.69, 9.17) is 0 Å². The van der Waals surface area contributed by atoms with Crippen molar-refractivity contribution in [3.05, 3.63) is 0 Å². The van der Waals surface area contributed by atoms with E-state index in [-0.39, 0.29) is 24.9 Å². The maximum absolute atomic E-state index is 11.8. The fourth-order valence-corrected chi connectivity index (χ4v) is 1.99. The van der Waals surface area contributed by atoms with Crippen LogP contribution in [0.2, 0.25) is 0 Å². The van der Waals surface area contributed by atoms with E-state index >= 15 is 0 Å². The maximum atomic E-state index is 11.8. The minimum absolute atomic E-state index is 0.0585. The Kier molecular flexibility index (Phi) is 5.41. The molecule has 0 radical (unpaired) electrons. The molecule has 0 spiro atoms. The summed E-state index contributed by atoms with van der Waals surface area (Å²) in [7, 11) is 0. The van der Waals surface area contributed by atoms with Gasteiger partial charge in [0.2, 0.25) is 11.8 Å². The van der Waals surface area contributed by atoms with Gasteiger partial charge in [0.05, 0.1) is 13.1 Å². The molecule has 1 heterocycles. The maximum Gasteiger partial charge on any atom is 0.242 e. The summed E-state index contributed by atoms with van der Waals surface area (Å²) < 4.78 is 0. The lowest BCUT2D eigenvalue weighted by Gasteiger charge is -2.33. The van der Waals surface area contributed by atoms with Crippen LogP contribution >= 0.6 is 0 Å². The van der Waals surface area contributed by atoms with Crippen LogP contribution in [0.3, 0.4) is 0 Å². The molecule has 0 aromatic rings. The van der Waals surface area contributed by atoms with Gasteiger partial charge in [-0.15, -0.1) is 0 Å². The van der Waals surface area contributed by atoms with Crippen LogP contribution < -0.4 is 5.32 Å². The molecule has 1 aliphatic rings. The van der Waals surface area contributed by atoms with Gasteiger partial charge < -0.3 is 15.1 Å². The van der Waals surface area contributed by atoms with E-state index in [0.29, 0.717) is 19.1 Å². The predicted molar refractivity (Wildman–Crippen MR) is 66.6 cm³/mol. The average Bonchev–Trinajstić information content (AvgIpc) is 2.30. The second-order valence-corrected chi connectivity index (χ2v) is 4.47. The van der Waals surface area contributed by atoms with Crippen LogP contribution in [-0.2, 0) is 9.59 Å². The van der Waals surface area contributed by atoms with Gasteiger partial charge in [-0.25, -0.2) is 0 Å². The molecular weight excluding hydrogens is 218 g/mol. The average molecular weight is 241 g/mol. The molecule has 5 heteroatoms. The van der Waals surface area contributed by atoms with Crippen molar-refractivity contribution in [1.82, 2.24) is 15.1 Å². The quantitative estimate of drug-likeness (QED) is 0.716. The lowest BCUT2D eigenvalue weighted by atomic mass is 10.2. The summed E-state index contributed by atoms with van der Waals surface area (Å²) in [4.78, 5) is 26.7. The topological polar surface area (TPSA) is 52.7 Å². The zero-order valence-corrected chi connectivity index (χ0v) is 11.0. The number of carbonyl (C=O) groups excluding carboxylic acids is 2. The molecule has 5 nitrogen and oxygen atoms in total. The summed E-state index contributed by atoms with van der Waals surface area (Å²) in [5.41, 5.74) is 0. The fraction of sp³-hybridized carbons (Fsp3) is 0.833. The van der Waals surface area contributed by atoms with E-state index in [2.05, 4.69) is 19.2 Å². The zero-order chi connectivity index (χ0) is 12.8. The highest BCUT2D eigenvalue weighted by Gasteiger charge is 2.28. The second kappa shape index (κ2) is 6.59. The molecule has 1 aliphatic heterocycles. The molecule has 1 atom stereocenters. The van der Waals surface area contributed by atoms with E-state index in [1.54, 1.807) is 9.80 Å². The highest BCUT2D eigenvalue weighted by Crippen LogP contribution is 2.06. The molecule has 2 amide bonds. The lowest BCUT2D eigenvalue weighted by molar-refractivity contribution is -0.149. The van der Waals surface area contributed by atoms with Gasteiger partial charge in [0.1, 0.15) is 0 Å². The molecule has 0 aliphatic carbocycles. The van der Waals surface area contributed by atoms with Crippen molar-refractivity contribution >= 4 is 11.8 Å². The summed E-state index contributed by atoms with van der Waals surface area (Å²) in [6.07, 6.45) is 0.888. The molecule has 0 saturated carbocycles. The second-order valence-electron chi connectivity index (χ2n) is 4.47. The molecule has 0 bridgehead atoms. The van der Waals surface area contributed by atoms with Gasteiger partial charge in [-0.1, -0.05) is 6.92 Å². The van der Waals surface area contributed by atoms with Gasteiger partial charge in [-0.05, 0) is 26.8 Å². The number of carbonyl (C=O) groups is 2. The van der Waals surface area contributed by atoms with Crippen LogP contribution in [0, 0.1) is 0 Å². The lowest BCUT2D eigenvalue weighted by Crippen LogP contribution is -2.54. The van der Waals surface area contributed by atoms with Gasteiger partial charge in [0.15, 0.2) is 0 Å². The first kappa shape index (κ1) is 14.0. The summed E-state index contributed by atoms with van der Waals surface area (Å²) in [5.74, 6) is 0.123. The van der Waals surface area contributed by atoms with Crippen molar-refractivity contribution in [2.24, 2.45) is 0 Å². The van der Waals surface area contributed by atoms with E-state index < -0.39 is 0 Å². The smallest absolute Gasteiger partial charge is 0.242 e. The number of nitrogens with zero attached hydrogens (tertiary/aromatic N) is 2. The molecule has 1 rings (SSSR count). The Morgan fingerprint density at radius 3 is 2.35 bits per heavy atom. The summed E-state index contributed by atoms with van der Waals surface area (Å²) >= 11 is 0. The Balaban J connectivity index is 2.39. The third-order valence-electron chi connectivity index (χ3n) is 3.12. The Hall–Kier alpha value is -1.10. The number of piperazine rings is 1. The van der Waals surface area contributed by atoms with Crippen LogP contribution in [0.1, 0.15) is 27.2 Å². The Labute approximate surface area is 103 Å². The third-order valence-corrected chi connectivity index (χ3v) is 3.12. The summed E-state index contributed by atoms with van der Waals surface area (Å²) in [5, 5.41) is 3.30. The molecule has 0 aromatic heterocycles.